The molecule has 19 heavy (non-hydrogen) atoms. The number of carbonyl (C=O) groups is 1. The molecule has 0 aliphatic rings. The Morgan fingerprint density at radius 1 is 0.842 bits per heavy atom. The maximum absolute atomic E-state index is 12.5. The van der Waals surface area contributed by atoms with Gasteiger partial charge in [-0.3, -0.25) is 9.59 Å². The molecule has 3 rings (SSSR count). The molecule has 0 heterocycles. The van der Waals surface area contributed by atoms with Crippen molar-refractivity contribution >= 4 is 27.5 Å². The van der Waals surface area contributed by atoms with E-state index < -0.39 is 5.91 Å². The Bertz CT molecular complexity index is 869. The highest BCUT2D eigenvalue weighted by atomic mass is 16.1. The van der Waals surface area contributed by atoms with E-state index in [1.807, 2.05) is 18.2 Å². The zero-order chi connectivity index (χ0) is 13.4. The molecule has 0 aliphatic heterocycles. The lowest BCUT2D eigenvalue weighted by molar-refractivity contribution is 0.100. The lowest BCUT2D eigenvalue weighted by Crippen LogP contribution is -2.10. The fraction of sp³-hybridized carbons (Fsp3) is 0. The highest BCUT2D eigenvalue weighted by molar-refractivity contribution is 6.09. The molecule has 0 unspecified atom stereocenters. The number of rotatable bonds is 1. The van der Waals surface area contributed by atoms with Gasteiger partial charge in [-0.25, -0.2) is 0 Å². The van der Waals surface area contributed by atoms with Gasteiger partial charge in [0.2, 0.25) is 5.91 Å². The number of benzene rings is 2. The van der Waals surface area contributed by atoms with Gasteiger partial charge >= 0.3 is 0 Å². The summed E-state index contributed by atoms with van der Waals surface area (Å²) >= 11 is 0. The third-order valence-electron chi connectivity index (χ3n) is 3.23. The average Bonchev–Trinajstić information content (AvgIpc) is 2.56. The summed E-state index contributed by atoms with van der Waals surface area (Å²) in [7, 11) is 0. The predicted molar refractivity (Wildman–Crippen MR) is 76.2 cm³/mol. The Hall–Kier alpha value is -2.68. The molecular formula is C16H11NO2. The van der Waals surface area contributed by atoms with Gasteiger partial charge < -0.3 is 5.73 Å². The first-order valence-corrected chi connectivity index (χ1v) is 5.93. The predicted octanol–water partition coefficient (Wildman–Crippen LogP) is 2.45. The van der Waals surface area contributed by atoms with Gasteiger partial charge in [0.1, 0.15) is 0 Å². The summed E-state index contributed by atoms with van der Waals surface area (Å²) in [6, 6.07) is 15.9. The number of hydrogen-bond acceptors (Lipinski definition) is 2. The first kappa shape index (κ1) is 11.4. The fourth-order valence-corrected chi connectivity index (χ4v) is 2.33. The maximum Gasteiger partial charge on any atom is 0.249 e. The van der Waals surface area contributed by atoms with Gasteiger partial charge in [-0.05, 0) is 16.8 Å². The van der Waals surface area contributed by atoms with Gasteiger partial charge in [-0.2, -0.15) is 0 Å². The van der Waals surface area contributed by atoms with Crippen LogP contribution in [0.25, 0.3) is 21.5 Å². The second-order valence-corrected chi connectivity index (χ2v) is 4.38. The average molecular weight is 249 g/mol. The lowest BCUT2D eigenvalue weighted by atomic mass is 10.1. The molecule has 3 aromatic rings. The van der Waals surface area contributed by atoms with E-state index in [2.05, 4.69) is 0 Å². The molecule has 0 saturated heterocycles. The second kappa shape index (κ2) is 4.21. The summed E-state index contributed by atoms with van der Waals surface area (Å²) in [4.78, 5) is 24.1. The maximum atomic E-state index is 12.5. The van der Waals surface area contributed by atoms with Crippen LogP contribution in [0.15, 0.2) is 59.4 Å². The van der Waals surface area contributed by atoms with E-state index in [0.717, 1.165) is 5.39 Å². The molecule has 0 spiro atoms. The van der Waals surface area contributed by atoms with Crippen molar-refractivity contribution in [2.24, 2.45) is 5.73 Å². The number of nitrogens with two attached hydrogens (primary N) is 1. The van der Waals surface area contributed by atoms with E-state index >= 15 is 0 Å². The number of carbonyl (C=O) groups excluding carboxylic acids is 1. The van der Waals surface area contributed by atoms with Crippen LogP contribution < -0.4 is 11.2 Å². The minimum Gasteiger partial charge on any atom is -0.366 e. The number of amides is 1. The molecule has 0 atom stereocenters. The van der Waals surface area contributed by atoms with E-state index in [-0.39, 0.29) is 5.43 Å². The monoisotopic (exact) mass is 249 g/mol. The van der Waals surface area contributed by atoms with Gasteiger partial charge in [-0.1, -0.05) is 48.5 Å². The second-order valence-electron chi connectivity index (χ2n) is 4.38. The summed E-state index contributed by atoms with van der Waals surface area (Å²) in [6.07, 6.45) is 0. The van der Waals surface area contributed by atoms with E-state index in [4.69, 9.17) is 5.73 Å². The van der Waals surface area contributed by atoms with Crippen molar-refractivity contribution in [3.05, 3.63) is 70.4 Å². The Balaban J connectivity index is 2.71. The van der Waals surface area contributed by atoms with Crippen LogP contribution in [-0.2, 0) is 0 Å². The van der Waals surface area contributed by atoms with Crippen molar-refractivity contribution in [3.8, 4) is 0 Å². The zero-order valence-corrected chi connectivity index (χ0v) is 10.1. The minimum absolute atomic E-state index is 0.0845. The van der Waals surface area contributed by atoms with Crippen LogP contribution in [0, 0.1) is 0 Å². The van der Waals surface area contributed by atoms with Gasteiger partial charge in [0.15, 0.2) is 5.43 Å². The van der Waals surface area contributed by atoms with E-state index in [1.54, 1.807) is 36.4 Å². The summed E-state index contributed by atoms with van der Waals surface area (Å²) in [5.74, 6) is -0.531. The molecule has 0 bridgehead atoms. The Kier molecular flexibility index (Phi) is 2.53. The third-order valence-corrected chi connectivity index (χ3v) is 3.23. The summed E-state index contributed by atoms with van der Waals surface area (Å²) < 4.78 is 0. The van der Waals surface area contributed by atoms with Crippen molar-refractivity contribution in [1.82, 2.24) is 0 Å². The quantitative estimate of drug-likeness (QED) is 0.720. The SMILES string of the molecule is NC(=O)c1cc2ccccc2c(=O)c2ccccc12. The first-order valence-electron chi connectivity index (χ1n) is 5.93. The molecule has 0 radical (unpaired) electrons. The van der Waals surface area contributed by atoms with E-state index in [9.17, 15) is 9.59 Å². The largest absolute Gasteiger partial charge is 0.366 e. The fourth-order valence-electron chi connectivity index (χ4n) is 2.33. The topological polar surface area (TPSA) is 60.2 Å². The van der Waals surface area contributed by atoms with Crippen LogP contribution >= 0.6 is 0 Å². The smallest absolute Gasteiger partial charge is 0.249 e. The highest BCUT2D eigenvalue weighted by Gasteiger charge is 2.09. The molecule has 2 N–H and O–H groups in total. The van der Waals surface area contributed by atoms with Gasteiger partial charge in [0, 0.05) is 16.3 Å². The Morgan fingerprint density at radius 2 is 1.42 bits per heavy atom. The van der Waals surface area contributed by atoms with Crippen LogP contribution in [0.1, 0.15) is 10.4 Å². The van der Waals surface area contributed by atoms with Crippen molar-refractivity contribution in [1.29, 1.82) is 0 Å². The van der Waals surface area contributed by atoms with Crippen molar-refractivity contribution in [2.45, 2.75) is 0 Å². The summed E-state index contributed by atoms with van der Waals surface area (Å²) in [5, 5.41) is 2.41. The third kappa shape index (κ3) is 1.76. The van der Waals surface area contributed by atoms with E-state index in [0.29, 0.717) is 21.7 Å². The summed E-state index contributed by atoms with van der Waals surface area (Å²) in [6.45, 7) is 0. The molecule has 1 amide bonds. The lowest BCUT2D eigenvalue weighted by Gasteiger charge is -1.96. The molecule has 3 nitrogen and oxygen atoms in total. The molecular weight excluding hydrogens is 238 g/mol. The van der Waals surface area contributed by atoms with Crippen LogP contribution in [0.5, 0.6) is 0 Å². The van der Waals surface area contributed by atoms with Crippen LogP contribution in [-0.4, -0.2) is 5.91 Å². The van der Waals surface area contributed by atoms with Crippen molar-refractivity contribution < 1.29 is 4.79 Å². The highest BCUT2D eigenvalue weighted by Crippen LogP contribution is 2.19. The summed E-state index contributed by atoms with van der Waals surface area (Å²) in [5.41, 5.74) is 5.72. The van der Waals surface area contributed by atoms with Gasteiger partial charge in [-0.15, -0.1) is 0 Å². The zero-order valence-electron chi connectivity index (χ0n) is 10.1. The molecule has 0 saturated carbocycles. The van der Waals surface area contributed by atoms with Gasteiger partial charge in [0.25, 0.3) is 0 Å². The Labute approximate surface area is 109 Å². The minimum atomic E-state index is -0.531. The standard InChI is InChI=1S/C16H11NO2/c17-16(19)14-9-10-5-1-2-6-11(10)15(18)13-8-4-3-7-12(13)14/h1-9H,(H2,17,19). The normalized spacial score (nSPS) is 10.7. The first-order chi connectivity index (χ1) is 9.18. The van der Waals surface area contributed by atoms with Crippen LogP contribution in [0.3, 0.4) is 0 Å². The van der Waals surface area contributed by atoms with Crippen molar-refractivity contribution in [3.63, 3.8) is 0 Å². The Morgan fingerprint density at radius 3 is 2.11 bits per heavy atom. The van der Waals surface area contributed by atoms with Gasteiger partial charge in [0.05, 0.1) is 0 Å². The molecule has 0 fully saturated rings. The molecule has 0 aliphatic carbocycles. The number of fused-ring (bicyclic) bond motifs is 2. The van der Waals surface area contributed by atoms with Crippen molar-refractivity contribution in [2.75, 3.05) is 0 Å². The number of primary amides is 1. The van der Waals surface area contributed by atoms with E-state index in [1.165, 1.54) is 0 Å². The van der Waals surface area contributed by atoms with Crippen LogP contribution in [0.4, 0.5) is 0 Å². The molecule has 0 aromatic heterocycles. The number of hydrogen-bond donors (Lipinski definition) is 1. The molecule has 92 valence electrons. The molecule has 3 aromatic carbocycles. The molecule has 3 heteroatoms. The van der Waals surface area contributed by atoms with Crippen LogP contribution in [0.2, 0.25) is 0 Å².